The van der Waals surface area contributed by atoms with E-state index in [0.29, 0.717) is 12.3 Å². The number of hydrogen-bond acceptors (Lipinski definition) is 4. The summed E-state index contributed by atoms with van der Waals surface area (Å²) in [4.78, 5) is 18.6. The number of thiophene rings is 1. The van der Waals surface area contributed by atoms with E-state index in [1.54, 1.807) is 7.11 Å². The highest BCUT2D eigenvalue weighted by molar-refractivity contribution is 7.10. The average molecular weight is 399 g/mol. The molecule has 4 nitrogen and oxygen atoms in total. The summed E-state index contributed by atoms with van der Waals surface area (Å²) < 4.78 is 5.24. The van der Waals surface area contributed by atoms with Crippen LogP contribution >= 0.6 is 11.3 Å². The minimum absolute atomic E-state index is 0.317. The molecule has 0 N–H and O–H groups in total. The zero-order chi connectivity index (χ0) is 19.3. The van der Waals surface area contributed by atoms with E-state index >= 15 is 0 Å². The number of nitrogens with zero attached hydrogens (tertiary/aromatic N) is 2. The summed E-state index contributed by atoms with van der Waals surface area (Å²) in [6.07, 6.45) is 5.27. The first kappa shape index (κ1) is 19.5. The standard InChI is InChI=1S/C23H30N2O2S/c1-27-21-4-2-18(3-5-21)16-19-6-11-24(12-7-19)13-9-23(26)25-14-8-22-20(17-25)10-15-28-22/h2-5,10,15,19H,6-9,11-14,16-17H2,1H3. The van der Waals surface area contributed by atoms with Gasteiger partial charge in [-0.15, -0.1) is 11.3 Å². The van der Waals surface area contributed by atoms with Crippen molar-refractivity contribution in [2.24, 2.45) is 5.92 Å². The number of carbonyl (C=O) groups is 1. The van der Waals surface area contributed by atoms with Gasteiger partial charge in [0.1, 0.15) is 5.75 Å². The summed E-state index contributed by atoms with van der Waals surface area (Å²) >= 11 is 1.83. The molecule has 5 heteroatoms. The van der Waals surface area contributed by atoms with Crippen molar-refractivity contribution < 1.29 is 9.53 Å². The van der Waals surface area contributed by atoms with E-state index in [-0.39, 0.29) is 0 Å². The largest absolute Gasteiger partial charge is 0.497 e. The maximum atomic E-state index is 12.6. The van der Waals surface area contributed by atoms with Crippen molar-refractivity contribution in [3.8, 4) is 5.75 Å². The fourth-order valence-electron chi connectivity index (χ4n) is 4.38. The lowest BCUT2D eigenvalue weighted by Gasteiger charge is -2.33. The van der Waals surface area contributed by atoms with Crippen molar-refractivity contribution in [2.45, 2.75) is 38.6 Å². The zero-order valence-corrected chi connectivity index (χ0v) is 17.5. The Hall–Kier alpha value is -1.85. The Morgan fingerprint density at radius 1 is 1.14 bits per heavy atom. The molecule has 2 aromatic rings. The summed E-state index contributed by atoms with van der Waals surface area (Å²) in [6.45, 7) is 4.82. The van der Waals surface area contributed by atoms with Crippen molar-refractivity contribution in [1.29, 1.82) is 0 Å². The number of rotatable bonds is 6. The third-order valence-corrected chi connectivity index (χ3v) is 7.22. The number of hydrogen-bond donors (Lipinski definition) is 0. The SMILES string of the molecule is COc1ccc(CC2CCN(CCC(=O)N3CCc4sccc4C3)CC2)cc1. The van der Waals surface area contributed by atoms with Crippen molar-refractivity contribution in [1.82, 2.24) is 9.80 Å². The van der Waals surface area contributed by atoms with Crippen LogP contribution in [0.1, 0.15) is 35.3 Å². The molecule has 1 aromatic heterocycles. The van der Waals surface area contributed by atoms with Gasteiger partial charge in [-0.2, -0.15) is 0 Å². The van der Waals surface area contributed by atoms with E-state index in [2.05, 4.69) is 40.6 Å². The summed E-state index contributed by atoms with van der Waals surface area (Å²) in [6, 6.07) is 10.6. The van der Waals surface area contributed by atoms with Gasteiger partial charge >= 0.3 is 0 Å². The highest BCUT2D eigenvalue weighted by atomic mass is 32.1. The molecule has 1 aromatic carbocycles. The number of fused-ring (bicyclic) bond motifs is 1. The van der Waals surface area contributed by atoms with Crippen molar-refractivity contribution in [2.75, 3.05) is 33.3 Å². The molecule has 0 aliphatic carbocycles. The Morgan fingerprint density at radius 2 is 1.93 bits per heavy atom. The van der Waals surface area contributed by atoms with Crippen LogP contribution in [0.4, 0.5) is 0 Å². The van der Waals surface area contributed by atoms with Crippen LogP contribution in [0.2, 0.25) is 0 Å². The van der Waals surface area contributed by atoms with Crippen LogP contribution in [0.5, 0.6) is 5.75 Å². The first-order valence-electron chi connectivity index (χ1n) is 10.4. The van der Waals surface area contributed by atoms with Crippen molar-refractivity contribution in [3.05, 3.63) is 51.7 Å². The molecule has 150 valence electrons. The van der Waals surface area contributed by atoms with Gasteiger partial charge in [0.2, 0.25) is 5.91 Å². The molecular weight excluding hydrogens is 368 g/mol. The second-order valence-electron chi connectivity index (χ2n) is 8.02. The minimum Gasteiger partial charge on any atom is -0.497 e. The fourth-order valence-corrected chi connectivity index (χ4v) is 5.27. The van der Waals surface area contributed by atoms with E-state index in [4.69, 9.17) is 4.74 Å². The quantitative estimate of drug-likeness (QED) is 0.738. The smallest absolute Gasteiger partial charge is 0.224 e. The summed E-state index contributed by atoms with van der Waals surface area (Å²) in [5.74, 6) is 1.99. The molecular formula is C23H30N2O2S. The van der Waals surface area contributed by atoms with E-state index < -0.39 is 0 Å². The molecule has 3 heterocycles. The highest BCUT2D eigenvalue weighted by Crippen LogP contribution is 2.25. The van der Waals surface area contributed by atoms with Gasteiger partial charge in [-0.25, -0.2) is 0 Å². The predicted molar refractivity (Wildman–Crippen MR) is 114 cm³/mol. The minimum atomic E-state index is 0.317. The Kier molecular flexibility index (Phi) is 6.33. The molecule has 1 saturated heterocycles. The van der Waals surface area contributed by atoms with E-state index in [1.807, 2.05) is 16.2 Å². The molecule has 0 bridgehead atoms. The normalized spacial score (nSPS) is 18.1. The second-order valence-corrected chi connectivity index (χ2v) is 9.02. The average Bonchev–Trinajstić information content (AvgIpc) is 3.21. The van der Waals surface area contributed by atoms with Crippen molar-refractivity contribution in [3.63, 3.8) is 0 Å². The Labute approximate surface area is 172 Å². The number of piperidine rings is 1. The third-order valence-electron chi connectivity index (χ3n) is 6.19. The number of benzene rings is 1. The molecule has 0 saturated carbocycles. The number of carbonyl (C=O) groups excluding carboxylic acids is 1. The first-order chi connectivity index (χ1) is 13.7. The van der Waals surface area contributed by atoms with Crippen LogP contribution in [0.3, 0.4) is 0 Å². The molecule has 28 heavy (non-hydrogen) atoms. The maximum absolute atomic E-state index is 12.6. The van der Waals surface area contributed by atoms with E-state index in [0.717, 1.165) is 57.2 Å². The molecule has 1 amide bonds. The summed E-state index contributed by atoms with van der Waals surface area (Å²) in [7, 11) is 1.71. The third kappa shape index (κ3) is 4.76. The molecule has 1 fully saturated rings. The Bertz CT molecular complexity index is 778. The second kappa shape index (κ2) is 9.10. The molecule has 0 spiro atoms. The van der Waals surface area contributed by atoms with Crippen LogP contribution in [0.15, 0.2) is 35.7 Å². The lowest BCUT2D eigenvalue weighted by Crippen LogP contribution is -2.39. The van der Waals surface area contributed by atoms with Gasteiger partial charge in [0.05, 0.1) is 7.11 Å². The molecule has 2 aliphatic rings. The zero-order valence-electron chi connectivity index (χ0n) is 16.7. The molecule has 2 aliphatic heterocycles. The van der Waals surface area contributed by atoms with Gasteiger partial charge < -0.3 is 14.5 Å². The monoisotopic (exact) mass is 398 g/mol. The van der Waals surface area contributed by atoms with Gasteiger partial charge in [-0.05, 0) is 79.4 Å². The number of likely N-dealkylation sites (tertiary alicyclic amines) is 1. The summed E-state index contributed by atoms with van der Waals surface area (Å²) in [5.41, 5.74) is 2.75. The molecule has 0 atom stereocenters. The predicted octanol–water partition coefficient (Wildman–Crippen LogP) is 3.99. The van der Waals surface area contributed by atoms with E-state index in [1.165, 1.54) is 28.8 Å². The molecule has 0 unspecified atom stereocenters. The van der Waals surface area contributed by atoms with E-state index in [9.17, 15) is 4.79 Å². The highest BCUT2D eigenvalue weighted by Gasteiger charge is 2.23. The number of amides is 1. The summed E-state index contributed by atoms with van der Waals surface area (Å²) in [5, 5.41) is 2.15. The lowest BCUT2D eigenvalue weighted by molar-refractivity contribution is -0.132. The van der Waals surface area contributed by atoms with Gasteiger partial charge in [-0.3, -0.25) is 4.79 Å². The number of methoxy groups -OCH3 is 1. The Balaban J connectivity index is 1.18. The molecule has 0 radical (unpaired) electrons. The van der Waals surface area contributed by atoms with Gasteiger partial charge in [0.25, 0.3) is 0 Å². The van der Waals surface area contributed by atoms with Crippen molar-refractivity contribution >= 4 is 17.2 Å². The van der Waals surface area contributed by atoms with Crippen LogP contribution in [-0.2, 0) is 24.2 Å². The van der Waals surface area contributed by atoms with Gasteiger partial charge in [0.15, 0.2) is 0 Å². The van der Waals surface area contributed by atoms with Gasteiger partial charge in [0, 0.05) is 30.9 Å². The van der Waals surface area contributed by atoms with Crippen LogP contribution in [0.25, 0.3) is 0 Å². The molecule has 4 rings (SSSR count). The topological polar surface area (TPSA) is 32.8 Å². The van der Waals surface area contributed by atoms with Crippen LogP contribution in [0, 0.1) is 5.92 Å². The lowest BCUT2D eigenvalue weighted by atomic mass is 9.90. The van der Waals surface area contributed by atoms with Crippen LogP contribution in [-0.4, -0.2) is 49.0 Å². The number of ether oxygens (including phenoxy) is 1. The first-order valence-corrected chi connectivity index (χ1v) is 11.3. The maximum Gasteiger partial charge on any atom is 0.224 e. The van der Waals surface area contributed by atoms with Crippen LogP contribution < -0.4 is 4.74 Å². The fraction of sp³-hybridized carbons (Fsp3) is 0.522. The van der Waals surface area contributed by atoms with Gasteiger partial charge in [-0.1, -0.05) is 12.1 Å². The Morgan fingerprint density at radius 3 is 2.68 bits per heavy atom.